The fourth-order valence-corrected chi connectivity index (χ4v) is 3.57. The first-order valence-corrected chi connectivity index (χ1v) is 8.38. The van der Waals surface area contributed by atoms with E-state index in [9.17, 15) is 4.57 Å². The van der Waals surface area contributed by atoms with Gasteiger partial charge in [-0.2, -0.15) is 0 Å². The van der Waals surface area contributed by atoms with E-state index in [0.29, 0.717) is 12.4 Å². The molecule has 0 aromatic heterocycles. The Morgan fingerprint density at radius 2 is 1.65 bits per heavy atom. The highest BCUT2D eigenvalue weighted by atomic mass is 31.2. The lowest BCUT2D eigenvalue weighted by Gasteiger charge is -2.19. The minimum Gasteiger partial charge on any atom is -0.424 e. The molecule has 106 valence electrons. The van der Waals surface area contributed by atoms with E-state index in [2.05, 4.69) is 0 Å². The predicted molar refractivity (Wildman–Crippen MR) is 81.2 cm³/mol. The van der Waals surface area contributed by atoms with Gasteiger partial charge < -0.3 is 4.52 Å². The van der Waals surface area contributed by atoms with Gasteiger partial charge in [-0.05, 0) is 31.5 Å². The van der Waals surface area contributed by atoms with Gasteiger partial charge >= 0.3 is 7.60 Å². The topological polar surface area (TPSA) is 35.5 Å². The number of aryl methyl sites for hydroxylation is 1. The lowest BCUT2D eigenvalue weighted by Crippen LogP contribution is -2.01. The minimum absolute atomic E-state index is 0.273. The van der Waals surface area contributed by atoms with E-state index in [1.165, 1.54) is 0 Å². The van der Waals surface area contributed by atoms with Gasteiger partial charge in [0.1, 0.15) is 5.75 Å². The van der Waals surface area contributed by atoms with Crippen molar-refractivity contribution in [1.82, 2.24) is 0 Å². The molecule has 2 aromatic carbocycles. The lowest BCUT2D eigenvalue weighted by molar-refractivity contribution is 0.278. The second-order valence-electron chi connectivity index (χ2n) is 4.58. The Balaban J connectivity index is 2.16. The molecule has 0 saturated carbocycles. The summed E-state index contributed by atoms with van der Waals surface area (Å²) < 4.78 is 23.8. The van der Waals surface area contributed by atoms with Crippen molar-refractivity contribution >= 4 is 7.60 Å². The van der Waals surface area contributed by atoms with Crippen LogP contribution in [0.1, 0.15) is 18.1 Å². The van der Waals surface area contributed by atoms with Gasteiger partial charge in [0.2, 0.25) is 0 Å². The van der Waals surface area contributed by atoms with Crippen molar-refractivity contribution in [1.29, 1.82) is 0 Å². The zero-order valence-corrected chi connectivity index (χ0v) is 12.7. The number of benzene rings is 2. The van der Waals surface area contributed by atoms with Gasteiger partial charge in [-0.3, -0.25) is 4.52 Å². The summed E-state index contributed by atoms with van der Waals surface area (Å²) in [5.41, 5.74) is 2.07. The van der Waals surface area contributed by atoms with Gasteiger partial charge in [-0.1, -0.05) is 48.0 Å². The largest absolute Gasteiger partial charge is 0.424 e. The maximum Gasteiger partial charge on any atom is 0.383 e. The Hall–Kier alpha value is -1.57. The quantitative estimate of drug-likeness (QED) is 0.717. The summed E-state index contributed by atoms with van der Waals surface area (Å²) in [4.78, 5) is 0. The molecule has 1 unspecified atom stereocenters. The molecule has 2 rings (SSSR count). The Morgan fingerprint density at radius 1 is 1.00 bits per heavy atom. The third-order valence-corrected chi connectivity index (χ3v) is 4.70. The van der Waals surface area contributed by atoms with Crippen LogP contribution in [0.5, 0.6) is 5.75 Å². The van der Waals surface area contributed by atoms with Gasteiger partial charge in [0, 0.05) is 0 Å². The molecule has 0 heterocycles. The predicted octanol–water partition coefficient (Wildman–Crippen LogP) is 4.80. The van der Waals surface area contributed by atoms with Gasteiger partial charge in [0.25, 0.3) is 0 Å². The number of hydrogen-bond acceptors (Lipinski definition) is 3. The van der Waals surface area contributed by atoms with E-state index in [0.717, 1.165) is 11.1 Å². The highest BCUT2D eigenvalue weighted by Gasteiger charge is 2.26. The van der Waals surface area contributed by atoms with Crippen molar-refractivity contribution < 1.29 is 13.6 Å². The first-order valence-electron chi connectivity index (χ1n) is 6.65. The van der Waals surface area contributed by atoms with Crippen LogP contribution in [-0.4, -0.2) is 6.61 Å². The highest BCUT2D eigenvalue weighted by Crippen LogP contribution is 2.51. The van der Waals surface area contributed by atoms with E-state index >= 15 is 0 Å². The van der Waals surface area contributed by atoms with Crippen LogP contribution in [0.15, 0.2) is 54.6 Å². The molecule has 0 N–H and O–H groups in total. The summed E-state index contributed by atoms with van der Waals surface area (Å²) in [6.45, 7) is 4.17. The summed E-state index contributed by atoms with van der Waals surface area (Å²) >= 11 is 0. The number of hydrogen-bond donors (Lipinski definition) is 0. The third-order valence-electron chi connectivity index (χ3n) is 2.81. The van der Waals surface area contributed by atoms with Gasteiger partial charge in [-0.15, -0.1) is 0 Å². The van der Waals surface area contributed by atoms with Crippen molar-refractivity contribution in [3.05, 3.63) is 65.7 Å². The zero-order valence-electron chi connectivity index (χ0n) is 11.8. The fraction of sp³-hybridized carbons (Fsp3) is 0.250. The molecule has 0 amide bonds. The summed E-state index contributed by atoms with van der Waals surface area (Å²) in [6, 6.07) is 17.1. The first kappa shape index (κ1) is 14.8. The molecule has 0 bridgehead atoms. The summed E-state index contributed by atoms with van der Waals surface area (Å²) in [5, 5.41) is 0. The van der Waals surface area contributed by atoms with Gasteiger partial charge in [0.05, 0.1) is 12.8 Å². The van der Waals surface area contributed by atoms with Gasteiger partial charge in [-0.25, -0.2) is 4.57 Å². The summed E-state index contributed by atoms with van der Waals surface area (Å²) in [5.74, 6) is 0.573. The molecule has 0 aliphatic rings. The maximum absolute atomic E-state index is 12.8. The second kappa shape index (κ2) is 6.74. The van der Waals surface area contributed by atoms with Crippen LogP contribution in [0.4, 0.5) is 0 Å². The molecular weight excluding hydrogens is 271 g/mol. The van der Waals surface area contributed by atoms with Crippen molar-refractivity contribution in [2.75, 3.05) is 6.61 Å². The lowest BCUT2D eigenvalue weighted by atomic mass is 10.2. The molecule has 0 saturated heterocycles. The average Bonchev–Trinajstić information content (AvgIpc) is 2.42. The normalized spacial score (nSPS) is 13.7. The van der Waals surface area contributed by atoms with Crippen LogP contribution in [0.25, 0.3) is 0 Å². The standard InChI is InChI=1S/C16H19O3P/c1-3-18-20(17,13-15-7-5-4-6-8-15)19-16-11-9-14(2)10-12-16/h4-12H,3,13H2,1-2H3. The van der Waals surface area contributed by atoms with Crippen LogP contribution in [0, 0.1) is 6.92 Å². The van der Waals surface area contributed by atoms with E-state index < -0.39 is 7.60 Å². The van der Waals surface area contributed by atoms with Gasteiger partial charge in [0.15, 0.2) is 0 Å². The van der Waals surface area contributed by atoms with Crippen LogP contribution >= 0.6 is 7.60 Å². The molecule has 1 atom stereocenters. The van der Waals surface area contributed by atoms with E-state index in [1.807, 2.05) is 68.4 Å². The van der Waals surface area contributed by atoms with Crippen LogP contribution < -0.4 is 4.52 Å². The minimum atomic E-state index is -3.18. The average molecular weight is 290 g/mol. The Bertz CT molecular complexity index is 578. The summed E-state index contributed by atoms with van der Waals surface area (Å²) in [7, 11) is -3.18. The Kier molecular flexibility index (Phi) is 4.99. The monoisotopic (exact) mass is 290 g/mol. The van der Waals surface area contributed by atoms with Crippen LogP contribution in [0.2, 0.25) is 0 Å². The van der Waals surface area contributed by atoms with E-state index in [1.54, 1.807) is 0 Å². The van der Waals surface area contributed by atoms with Crippen molar-refractivity contribution in [3.8, 4) is 5.75 Å². The molecule has 4 heteroatoms. The zero-order chi connectivity index (χ0) is 14.4. The molecule has 0 radical (unpaired) electrons. The van der Waals surface area contributed by atoms with Crippen molar-refractivity contribution in [2.45, 2.75) is 20.0 Å². The Morgan fingerprint density at radius 3 is 2.25 bits per heavy atom. The molecule has 2 aromatic rings. The van der Waals surface area contributed by atoms with E-state index in [-0.39, 0.29) is 6.16 Å². The molecular formula is C16H19O3P. The van der Waals surface area contributed by atoms with Crippen LogP contribution in [-0.2, 0) is 15.3 Å². The maximum atomic E-state index is 12.8. The SMILES string of the molecule is CCOP(=O)(Cc1ccccc1)Oc1ccc(C)cc1. The fourth-order valence-electron chi connectivity index (χ4n) is 1.87. The number of rotatable bonds is 6. The van der Waals surface area contributed by atoms with E-state index in [4.69, 9.17) is 9.05 Å². The van der Waals surface area contributed by atoms with Crippen LogP contribution in [0.3, 0.4) is 0 Å². The molecule has 0 aliphatic carbocycles. The second-order valence-corrected chi connectivity index (χ2v) is 6.56. The van der Waals surface area contributed by atoms with Crippen molar-refractivity contribution in [3.63, 3.8) is 0 Å². The third kappa shape index (κ3) is 4.22. The highest BCUT2D eigenvalue weighted by molar-refractivity contribution is 7.53. The molecule has 3 nitrogen and oxygen atoms in total. The first-order chi connectivity index (χ1) is 9.61. The van der Waals surface area contributed by atoms with Crippen molar-refractivity contribution in [2.24, 2.45) is 0 Å². The molecule has 0 aliphatic heterocycles. The molecule has 20 heavy (non-hydrogen) atoms. The summed E-state index contributed by atoms with van der Waals surface area (Å²) in [6.07, 6.45) is 0.273. The Labute approximate surface area is 120 Å². The molecule has 0 fully saturated rings. The molecule has 0 spiro atoms. The smallest absolute Gasteiger partial charge is 0.383 e.